The van der Waals surface area contributed by atoms with Crippen molar-refractivity contribution in [1.29, 1.82) is 0 Å². The Morgan fingerprint density at radius 3 is 2.30 bits per heavy atom. The van der Waals surface area contributed by atoms with Crippen LogP contribution in [0.1, 0.15) is 0 Å². The van der Waals surface area contributed by atoms with E-state index in [9.17, 15) is 4.79 Å². The van der Waals surface area contributed by atoms with Crippen LogP contribution >= 0.6 is 0 Å². The Morgan fingerprint density at radius 1 is 1.20 bits per heavy atom. The standard InChI is InChI=1S/C7H7NO.H2O/c9-6-8-7-4-2-1-3-5-7;/h1-6H,(H,8,9);1H2. The van der Waals surface area contributed by atoms with E-state index in [0.29, 0.717) is 6.41 Å². The quantitative estimate of drug-likeness (QED) is 0.593. The van der Waals surface area contributed by atoms with Crippen LogP contribution in [0.15, 0.2) is 30.3 Å². The molecule has 0 bridgehead atoms. The van der Waals surface area contributed by atoms with Crippen molar-refractivity contribution in [3.05, 3.63) is 30.3 Å². The molecule has 3 N–H and O–H groups in total. The van der Waals surface area contributed by atoms with Gasteiger partial charge in [0.25, 0.3) is 0 Å². The first-order chi connectivity index (χ1) is 4.43. The highest BCUT2D eigenvalue weighted by Gasteiger charge is 1.81. The van der Waals surface area contributed by atoms with E-state index >= 15 is 0 Å². The summed E-state index contributed by atoms with van der Waals surface area (Å²) in [6.45, 7) is 0. The van der Waals surface area contributed by atoms with Gasteiger partial charge in [0.15, 0.2) is 0 Å². The Morgan fingerprint density at radius 2 is 1.80 bits per heavy atom. The summed E-state index contributed by atoms with van der Waals surface area (Å²) in [7, 11) is 0. The normalized spacial score (nSPS) is 7.60. The number of benzene rings is 1. The molecule has 0 saturated heterocycles. The first kappa shape index (κ1) is 8.65. The van der Waals surface area contributed by atoms with Crippen LogP contribution in [0.2, 0.25) is 0 Å². The molecule has 0 spiro atoms. The van der Waals surface area contributed by atoms with E-state index in [1.165, 1.54) is 0 Å². The minimum absolute atomic E-state index is 0. The summed E-state index contributed by atoms with van der Waals surface area (Å²) in [6.07, 6.45) is 0.662. The average Bonchev–Trinajstić information content (AvgIpc) is 1.91. The molecule has 0 saturated carbocycles. The van der Waals surface area contributed by atoms with Crippen molar-refractivity contribution in [1.82, 2.24) is 0 Å². The fourth-order valence-electron chi connectivity index (χ4n) is 0.602. The maximum absolute atomic E-state index is 9.86. The SMILES string of the molecule is O.O=CNc1ccccc1. The van der Waals surface area contributed by atoms with E-state index < -0.39 is 0 Å². The highest BCUT2D eigenvalue weighted by atomic mass is 16.1. The molecule has 1 aromatic rings. The number of rotatable bonds is 2. The number of hydrogen-bond donors (Lipinski definition) is 1. The van der Waals surface area contributed by atoms with E-state index in [1.807, 2.05) is 30.3 Å². The first-order valence-corrected chi connectivity index (χ1v) is 2.69. The number of amides is 1. The summed E-state index contributed by atoms with van der Waals surface area (Å²) in [5, 5.41) is 2.53. The lowest BCUT2D eigenvalue weighted by molar-refractivity contribution is -0.105. The topological polar surface area (TPSA) is 60.6 Å². The van der Waals surface area contributed by atoms with Gasteiger partial charge in [0.2, 0.25) is 6.41 Å². The zero-order chi connectivity index (χ0) is 6.53. The first-order valence-electron chi connectivity index (χ1n) is 2.69. The van der Waals surface area contributed by atoms with Crippen LogP contribution in [0.5, 0.6) is 0 Å². The predicted molar refractivity (Wildman–Crippen MR) is 39.7 cm³/mol. The van der Waals surface area contributed by atoms with Gasteiger partial charge in [-0.3, -0.25) is 4.79 Å². The molecule has 0 aliphatic rings. The molecule has 1 rings (SSSR count). The summed E-state index contributed by atoms with van der Waals surface area (Å²) >= 11 is 0. The van der Waals surface area contributed by atoms with Gasteiger partial charge in [0, 0.05) is 5.69 Å². The molecular formula is C7H9NO2. The van der Waals surface area contributed by atoms with Crippen LogP contribution in [0.25, 0.3) is 0 Å². The van der Waals surface area contributed by atoms with Crippen molar-refractivity contribution < 1.29 is 10.3 Å². The molecule has 3 nitrogen and oxygen atoms in total. The maximum Gasteiger partial charge on any atom is 0.211 e. The number of nitrogens with one attached hydrogen (secondary N) is 1. The Hall–Kier alpha value is -1.35. The molecule has 1 amide bonds. The van der Waals surface area contributed by atoms with Crippen LogP contribution in [-0.4, -0.2) is 11.9 Å². The molecule has 0 unspecified atom stereocenters. The molecule has 0 aromatic heterocycles. The fourth-order valence-corrected chi connectivity index (χ4v) is 0.602. The second-order valence-electron chi connectivity index (χ2n) is 1.63. The molecule has 0 aliphatic carbocycles. The molecular weight excluding hydrogens is 130 g/mol. The van der Waals surface area contributed by atoms with Gasteiger partial charge in [-0.15, -0.1) is 0 Å². The van der Waals surface area contributed by atoms with Crippen molar-refractivity contribution in [3.63, 3.8) is 0 Å². The van der Waals surface area contributed by atoms with Gasteiger partial charge >= 0.3 is 0 Å². The van der Waals surface area contributed by atoms with Crippen molar-refractivity contribution in [2.75, 3.05) is 5.32 Å². The number of anilines is 1. The Bertz CT molecular complexity index is 186. The second kappa shape index (κ2) is 4.52. The lowest BCUT2D eigenvalue weighted by Gasteiger charge is -1.93. The third-order valence-corrected chi connectivity index (χ3v) is 0.999. The van der Waals surface area contributed by atoms with E-state index in [2.05, 4.69) is 5.32 Å². The van der Waals surface area contributed by atoms with Gasteiger partial charge in [-0.1, -0.05) is 18.2 Å². The van der Waals surface area contributed by atoms with Crippen LogP contribution in [0, 0.1) is 0 Å². The zero-order valence-corrected chi connectivity index (χ0v) is 5.37. The summed E-state index contributed by atoms with van der Waals surface area (Å²) in [4.78, 5) is 9.86. The Kier molecular flexibility index (Phi) is 3.91. The van der Waals surface area contributed by atoms with Gasteiger partial charge in [-0.05, 0) is 12.1 Å². The van der Waals surface area contributed by atoms with Crippen LogP contribution in [0.3, 0.4) is 0 Å². The van der Waals surface area contributed by atoms with E-state index in [0.717, 1.165) is 5.69 Å². The molecule has 54 valence electrons. The van der Waals surface area contributed by atoms with Gasteiger partial charge in [0.1, 0.15) is 0 Å². The summed E-state index contributed by atoms with van der Waals surface area (Å²) in [5.74, 6) is 0. The Labute approximate surface area is 59.0 Å². The average molecular weight is 139 g/mol. The van der Waals surface area contributed by atoms with Crippen molar-refractivity contribution in [2.45, 2.75) is 0 Å². The molecule has 0 radical (unpaired) electrons. The van der Waals surface area contributed by atoms with E-state index in [1.54, 1.807) is 0 Å². The maximum atomic E-state index is 9.86. The van der Waals surface area contributed by atoms with Crippen LogP contribution in [-0.2, 0) is 4.79 Å². The molecule has 0 heterocycles. The smallest absolute Gasteiger partial charge is 0.211 e. The summed E-state index contributed by atoms with van der Waals surface area (Å²) < 4.78 is 0. The summed E-state index contributed by atoms with van der Waals surface area (Å²) in [6, 6.07) is 9.29. The van der Waals surface area contributed by atoms with Gasteiger partial charge in [-0.25, -0.2) is 0 Å². The minimum atomic E-state index is 0. The number of carbonyl (C=O) groups excluding carboxylic acids is 1. The molecule has 0 fully saturated rings. The number of carbonyl (C=O) groups is 1. The number of hydrogen-bond acceptors (Lipinski definition) is 1. The Balaban J connectivity index is 0.000000810. The third kappa shape index (κ3) is 2.28. The molecule has 0 atom stereocenters. The fraction of sp³-hybridized carbons (Fsp3) is 0. The minimum Gasteiger partial charge on any atom is -0.412 e. The molecule has 1 aromatic carbocycles. The highest BCUT2D eigenvalue weighted by Crippen LogP contribution is 2.01. The molecule has 3 heteroatoms. The lowest BCUT2D eigenvalue weighted by Crippen LogP contribution is -1.91. The monoisotopic (exact) mass is 139 g/mol. The largest absolute Gasteiger partial charge is 0.412 e. The van der Waals surface area contributed by atoms with Crippen molar-refractivity contribution in [2.24, 2.45) is 0 Å². The van der Waals surface area contributed by atoms with Crippen LogP contribution in [0.4, 0.5) is 5.69 Å². The van der Waals surface area contributed by atoms with E-state index in [4.69, 9.17) is 0 Å². The van der Waals surface area contributed by atoms with Gasteiger partial charge < -0.3 is 10.8 Å². The van der Waals surface area contributed by atoms with Gasteiger partial charge in [-0.2, -0.15) is 0 Å². The highest BCUT2D eigenvalue weighted by molar-refractivity contribution is 5.70. The lowest BCUT2D eigenvalue weighted by atomic mass is 10.3. The van der Waals surface area contributed by atoms with Crippen molar-refractivity contribution >= 4 is 12.1 Å². The van der Waals surface area contributed by atoms with Gasteiger partial charge in [0.05, 0.1) is 0 Å². The third-order valence-electron chi connectivity index (χ3n) is 0.999. The zero-order valence-electron chi connectivity index (χ0n) is 5.37. The molecule has 10 heavy (non-hydrogen) atoms. The van der Waals surface area contributed by atoms with Crippen LogP contribution < -0.4 is 5.32 Å². The second-order valence-corrected chi connectivity index (χ2v) is 1.63. The summed E-state index contributed by atoms with van der Waals surface area (Å²) in [5.41, 5.74) is 0.826. The molecule has 0 aliphatic heterocycles. The number of para-hydroxylation sites is 1. The van der Waals surface area contributed by atoms with E-state index in [-0.39, 0.29) is 5.48 Å². The predicted octanol–water partition coefficient (Wildman–Crippen LogP) is 0.430. The van der Waals surface area contributed by atoms with Crippen molar-refractivity contribution in [3.8, 4) is 0 Å².